The molecule has 0 fully saturated rings. The highest BCUT2D eigenvalue weighted by molar-refractivity contribution is 5.70. The van der Waals surface area contributed by atoms with Crippen LogP contribution in [0.3, 0.4) is 0 Å². The van der Waals surface area contributed by atoms with Gasteiger partial charge < -0.3 is 14.6 Å². The van der Waals surface area contributed by atoms with Crippen molar-refractivity contribution in [1.29, 1.82) is 0 Å². The van der Waals surface area contributed by atoms with Crippen molar-refractivity contribution in [3.8, 4) is 5.75 Å². The minimum Gasteiger partial charge on any atom is -0.496 e. The number of methoxy groups -OCH3 is 1. The second-order valence-electron chi connectivity index (χ2n) is 4.47. The van der Waals surface area contributed by atoms with Crippen LogP contribution in [0.4, 0.5) is 0 Å². The topological polar surface area (TPSA) is 55.8 Å². The molecule has 0 bridgehead atoms. The second kappa shape index (κ2) is 6.40. The Morgan fingerprint density at radius 3 is 2.67 bits per heavy atom. The van der Waals surface area contributed by atoms with Crippen LogP contribution in [0.2, 0.25) is 0 Å². The van der Waals surface area contributed by atoms with Gasteiger partial charge in [0.1, 0.15) is 5.75 Å². The summed E-state index contributed by atoms with van der Waals surface area (Å²) >= 11 is 0. The van der Waals surface area contributed by atoms with Gasteiger partial charge in [-0.1, -0.05) is 18.2 Å². The molecule has 0 saturated carbocycles. The molecule has 0 aliphatic rings. The number of carbonyl (C=O) groups excluding carboxylic acids is 1. The highest BCUT2D eigenvalue weighted by Crippen LogP contribution is 2.24. The summed E-state index contributed by atoms with van der Waals surface area (Å²) in [5.74, 6) is 0.319. The van der Waals surface area contributed by atoms with Gasteiger partial charge in [-0.2, -0.15) is 0 Å². The fourth-order valence-corrected chi connectivity index (χ4v) is 1.84. The third kappa shape index (κ3) is 4.37. The molecule has 1 aromatic rings. The van der Waals surface area contributed by atoms with Crippen molar-refractivity contribution in [2.75, 3.05) is 13.7 Å². The molecule has 0 aliphatic heterocycles. The Balaban J connectivity index is 2.72. The zero-order valence-electron chi connectivity index (χ0n) is 11.1. The Bertz CT molecular complexity index is 399. The van der Waals surface area contributed by atoms with Gasteiger partial charge in [-0.05, 0) is 25.5 Å². The first-order valence-electron chi connectivity index (χ1n) is 5.98. The predicted molar refractivity (Wildman–Crippen MR) is 68.6 cm³/mol. The van der Waals surface area contributed by atoms with E-state index in [1.54, 1.807) is 21.0 Å². The number of aliphatic hydroxyl groups is 1. The second-order valence-corrected chi connectivity index (χ2v) is 4.47. The van der Waals surface area contributed by atoms with E-state index in [0.29, 0.717) is 18.8 Å². The van der Waals surface area contributed by atoms with E-state index in [9.17, 15) is 9.90 Å². The van der Waals surface area contributed by atoms with Gasteiger partial charge in [-0.3, -0.25) is 4.79 Å². The van der Waals surface area contributed by atoms with Crippen molar-refractivity contribution in [2.45, 2.75) is 32.3 Å². The molecule has 4 heteroatoms. The van der Waals surface area contributed by atoms with Gasteiger partial charge in [-0.15, -0.1) is 0 Å². The largest absolute Gasteiger partial charge is 0.496 e. The van der Waals surface area contributed by atoms with Gasteiger partial charge in [0.05, 0.1) is 25.7 Å². The van der Waals surface area contributed by atoms with Crippen molar-refractivity contribution < 1.29 is 19.4 Å². The summed E-state index contributed by atoms with van der Waals surface area (Å²) < 4.78 is 10.1. The van der Waals surface area contributed by atoms with E-state index < -0.39 is 11.6 Å². The molecule has 0 saturated heterocycles. The molecule has 1 rings (SSSR count). The van der Waals surface area contributed by atoms with Crippen molar-refractivity contribution in [1.82, 2.24) is 0 Å². The summed E-state index contributed by atoms with van der Waals surface area (Å²) in [5, 5.41) is 10.2. The van der Waals surface area contributed by atoms with Crippen LogP contribution < -0.4 is 4.74 Å². The molecule has 18 heavy (non-hydrogen) atoms. The fraction of sp³-hybridized carbons (Fsp3) is 0.500. The average Bonchev–Trinajstić information content (AvgIpc) is 2.28. The summed E-state index contributed by atoms with van der Waals surface area (Å²) in [6, 6.07) is 7.44. The number of rotatable bonds is 6. The van der Waals surface area contributed by atoms with Crippen LogP contribution in [0, 0.1) is 0 Å². The molecular weight excluding hydrogens is 232 g/mol. The quantitative estimate of drug-likeness (QED) is 0.786. The monoisotopic (exact) mass is 252 g/mol. The van der Waals surface area contributed by atoms with Crippen molar-refractivity contribution in [2.24, 2.45) is 0 Å². The van der Waals surface area contributed by atoms with Gasteiger partial charge in [0.15, 0.2) is 0 Å². The average molecular weight is 252 g/mol. The number of hydrogen-bond donors (Lipinski definition) is 1. The van der Waals surface area contributed by atoms with E-state index in [1.165, 1.54) is 0 Å². The van der Waals surface area contributed by atoms with Gasteiger partial charge in [0.2, 0.25) is 0 Å². The van der Waals surface area contributed by atoms with E-state index >= 15 is 0 Å². The van der Waals surface area contributed by atoms with Gasteiger partial charge in [0, 0.05) is 6.42 Å². The highest BCUT2D eigenvalue weighted by Gasteiger charge is 2.26. The van der Waals surface area contributed by atoms with Gasteiger partial charge in [0.25, 0.3) is 0 Å². The maximum atomic E-state index is 11.4. The van der Waals surface area contributed by atoms with E-state index in [0.717, 1.165) is 5.56 Å². The Morgan fingerprint density at radius 2 is 2.06 bits per heavy atom. The fourth-order valence-electron chi connectivity index (χ4n) is 1.84. The van der Waals surface area contributed by atoms with Crippen LogP contribution in [0.1, 0.15) is 25.8 Å². The molecule has 100 valence electrons. The smallest absolute Gasteiger partial charge is 0.308 e. The SMILES string of the molecule is CCOC(=O)CC(C)(O)Cc1ccccc1OC. The Kier molecular flexibility index (Phi) is 5.16. The normalized spacial score (nSPS) is 13.8. The molecule has 0 spiro atoms. The summed E-state index contributed by atoms with van der Waals surface area (Å²) in [4.78, 5) is 11.4. The lowest BCUT2D eigenvalue weighted by molar-refractivity contribution is -0.148. The van der Waals surface area contributed by atoms with Crippen molar-refractivity contribution >= 4 is 5.97 Å². The first-order valence-corrected chi connectivity index (χ1v) is 5.98. The lowest BCUT2D eigenvalue weighted by atomic mass is 9.93. The van der Waals surface area contributed by atoms with Crippen LogP contribution in [-0.4, -0.2) is 30.4 Å². The number of ether oxygens (including phenoxy) is 2. The Labute approximate surface area is 108 Å². The summed E-state index contributed by atoms with van der Waals surface area (Å²) in [6.45, 7) is 3.69. The number of hydrogen-bond acceptors (Lipinski definition) is 4. The Morgan fingerprint density at radius 1 is 1.39 bits per heavy atom. The molecule has 1 unspecified atom stereocenters. The lowest BCUT2D eigenvalue weighted by Gasteiger charge is -2.23. The van der Waals surface area contributed by atoms with Crippen LogP contribution in [0.25, 0.3) is 0 Å². The molecular formula is C14H20O4. The highest BCUT2D eigenvalue weighted by atomic mass is 16.5. The third-order valence-electron chi connectivity index (χ3n) is 2.59. The van der Waals surface area contributed by atoms with Gasteiger partial charge >= 0.3 is 5.97 Å². The van der Waals surface area contributed by atoms with Crippen LogP contribution in [-0.2, 0) is 16.0 Å². The molecule has 4 nitrogen and oxygen atoms in total. The zero-order chi connectivity index (χ0) is 13.6. The zero-order valence-corrected chi connectivity index (χ0v) is 11.1. The van der Waals surface area contributed by atoms with E-state index in [2.05, 4.69) is 0 Å². The lowest BCUT2D eigenvalue weighted by Crippen LogP contribution is -2.31. The molecule has 0 aromatic heterocycles. The summed E-state index contributed by atoms with van der Waals surface area (Å²) in [5.41, 5.74) is -0.268. The third-order valence-corrected chi connectivity index (χ3v) is 2.59. The standard InChI is InChI=1S/C14H20O4/c1-4-18-13(15)10-14(2,16)9-11-7-5-6-8-12(11)17-3/h5-8,16H,4,9-10H2,1-3H3. The number of esters is 1. The van der Waals surface area contributed by atoms with Crippen LogP contribution in [0.5, 0.6) is 5.75 Å². The molecule has 0 heterocycles. The molecule has 1 atom stereocenters. The van der Waals surface area contributed by atoms with E-state index in [-0.39, 0.29) is 6.42 Å². The first kappa shape index (κ1) is 14.5. The molecule has 1 N–H and O–H groups in total. The van der Waals surface area contributed by atoms with E-state index in [4.69, 9.17) is 9.47 Å². The minimum absolute atomic E-state index is 0.0289. The van der Waals surface area contributed by atoms with Crippen molar-refractivity contribution in [3.05, 3.63) is 29.8 Å². The van der Waals surface area contributed by atoms with E-state index in [1.807, 2.05) is 24.3 Å². The molecule has 0 amide bonds. The summed E-state index contributed by atoms with van der Waals surface area (Å²) in [7, 11) is 1.58. The molecule has 0 aliphatic carbocycles. The summed E-state index contributed by atoms with van der Waals surface area (Å²) in [6.07, 6.45) is 0.314. The van der Waals surface area contributed by atoms with Crippen LogP contribution in [0.15, 0.2) is 24.3 Å². The Hall–Kier alpha value is -1.55. The maximum Gasteiger partial charge on any atom is 0.308 e. The number of carbonyl (C=O) groups is 1. The predicted octanol–water partition coefficient (Wildman–Crippen LogP) is 1.94. The minimum atomic E-state index is -1.14. The van der Waals surface area contributed by atoms with Crippen LogP contribution >= 0.6 is 0 Å². The maximum absolute atomic E-state index is 11.4. The van der Waals surface area contributed by atoms with Gasteiger partial charge in [-0.25, -0.2) is 0 Å². The molecule has 1 aromatic carbocycles. The number of para-hydroxylation sites is 1. The van der Waals surface area contributed by atoms with Crippen molar-refractivity contribution in [3.63, 3.8) is 0 Å². The molecule has 0 radical (unpaired) electrons. The first-order chi connectivity index (χ1) is 8.48. The number of benzene rings is 1.